The Hall–Kier alpha value is -1.08. The summed E-state index contributed by atoms with van der Waals surface area (Å²) in [6.45, 7) is 3.44. The van der Waals surface area contributed by atoms with Crippen LogP contribution in [0.25, 0.3) is 10.8 Å². The van der Waals surface area contributed by atoms with Crippen LogP contribution in [-0.2, 0) is 6.54 Å². The predicted molar refractivity (Wildman–Crippen MR) is 96.0 cm³/mol. The Bertz CT molecular complexity index is 538. The van der Waals surface area contributed by atoms with Gasteiger partial charge in [0.1, 0.15) is 6.54 Å². The second-order valence-corrected chi connectivity index (χ2v) is 6.49. The minimum Gasteiger partial charge on any atom is -1.00 e. The molecule has 2 rings (SSSR count). The molecule has 1 nitrogen and oxygen atoms in total. The van der Waals surface area contributed by atoms with E-state index in [0.717, 1.165) is 6.54 Å². The zero-order valence-corrected chi connectivity index (χ0v) is 15.4. The molecule has 0 saturated heterocycles. The molecule has 0 radical (unpaired) electrons. The first-order valence-electron chi connectivity index (χ1n) is 9.28. The first-order chi connectivity index (χ1) is 10.9. The highest BCUT2D eigenvalue weighted by molar-refractivity contribution is 5.80. The molecular weight excluding hydrogens is 302 g/mol. The molecule has 0 saturated carbocycles. The van der Waals surface area contributed by atoms with E-state index in [1.54, 1.807) is 0 Å². The smallest absolute Gasteiger partial charge is 0.176 e. The van der Waals surface area contributed by atoms with Gasteiger partial charge >= 0.3 is 0 Å². The van der Waals surface area contributed by atoms with Crippen LogP contribution in [0, 0.1) is 0 Å². The van der Waals surface area contributed by atoms with Crippen molar-refractivity contribution in [3.63, 3.8) is 0 Å². The number of rotatable bonds is 11. The molecule has 1 aromatic heterocycles. The predicted octanol–water partition coefficient (Wildman–Crippen LogP) is 3.05. The molecule has 0 fully saturated rings. The van der Waals surface area contributed by atoms with Crippen molar-refractivity contribution >= 4 is 10.8 Å². The van der Waals surface area contributed by atoms with Gasteiger partial charge in [0.15, 0.2) is 12.4 Å². The third-order valence-electron chi connectivity index (χ3n) is 4.52. The van der Waals surface area contributed by atoms with Gasteiger partial charge in [-0.25, -0.2) is 4.57 Å². The number of aryl methyl sites for hydroxylation is 1. The van der Waals surface area contributed by atoms with Crippen LogP contribution in [0.4, 0.5) is 0 Å². The van der Waals surface area contributed by atoms with Crippen molar-refractivity contribution in [1.82, 2.24) is 0 Å². The highest BCUT2D eigenvalue weighted by Crippen LogP contribution is 2.11. The van der Waals surface area contributed by atoms with Crippen molar-refractivity contribution in [1.29, 1.82) is 0 Å². The summed E-state index contributed by atoms with van der Waals surface area (Å²) < 4.78 is 2.34. The summed E-state index contributed by atoms with van der Waals surface area (Å²) in [5.41, 5.74) is 0. The second kappa shape index (κ2) is 12.4. The molecular formula is C21H32ClN. The van der Waals surface area contributed by atoms with Gasteiger partial charge in [-0.2, -0.15) is 0 Å². The van der Waals surface area contributed by atoms with E-state index in [4.69, 9.17) is 0 Å². The molecule has 0 N–H and O–H groups in total. The first kappa shape index (κ1) is 20.0. The molecule has 2 heteroatoms. The monoisotopic (exact) mass is 333 g/mol. The molecule has 0 spiro atoms. The Morgan fingerprint density at radius 3 is 1.91 bits per heavy atom. The number of pyridine rings is 1. The topological polar surface area (TPSA) is 3.88 Å². The summed E-state index contributed by atoms with van der Waals surface area (Å²) in [5, 5.41) is 2.68. The zero-order valence-electron chi connectivity index (χ0n) is 14.6. The number of hydrogen-bond donors (Lipinski definition) is 0. The molecule has 0 aliphatic carbocycles. The Morgan fingerprint density at radius 2 is 1.26 bits per heavy atom. The van der Waals surface area contributed by atoms with Crippen LogP contribution in [0.3, 0.4) is 0 Å². The van der Waals surface area contributed by atoms with E-state index in [1.807, 2.05) is 0 Å². The maximum absolute atomic E-state index is 2.34. The Kier molecular flexibility index (Phi) is 10.7. The van der Waals surface area contributed by atoms with Gasteiger partial charge in [-0.1, -0.05) is 76.5 Å². The van der Waals surface area contributed by atoms with E-state index in [9.17, 15) is 0 Å². The number of nitrogens with zero attached hydrogens (tertiary/aromatic N) is 1. The standard InChI is InChI=1S/C21H32N.ClH/c1-2-3-4-5-6-7-8-9-10-13-17-22-18-16-20-14-11-12-15-21(20)19-22;/h11-12,14-16,18-19H,2-10,13,17H2,1H3;1H/q+1;/p-1. The van der Waals surface area contributed by atoms with Gasteiger partial charge < -0.3 is 12.4 Å². The number of hydrogen-bond acceptors (Lipinski definition) is 0. The van der Waals surface area contributed by atoms with Crippen LogP contribution in [-0.4, -0.2) is 0 Å². The maximum atomic E-state index is 2.34. The number of halogens is 1. The van der Waals surface area contributed by atoms with E-state index in [1.165, 1.54) is 75.0 Å². The summed E-state index contributed by atoms with van der Waals surface area (Å²) in [5.74, 6) is 0. The Labute approximate surface area is 148 Å². The van der Waals surface area contributed by atoms with Crippen molar-refractivity contribution < 1.29 is 17.0 Å². The highest BCUT2D eigenvalue weighted by Gasteiger charge is 2.02. The van der Waals surface area contributed by atoms with Crippen molar-refractivity contribution in [3.05, 3.63) is 42.7 Å². The third kappa shape index (κ3) is 7.83. The molecule has 0 aliphatic heterocycles. The molecule has 23 heavy (non-hydrogen) atoms. The summed E-state index contributed by atoms with van der Waals surface area (Å²) >= 11 is 0. The first-order valence-corrected chi connectivity index (χ1v) is 9.28. The van der Waals surface area contributed by atoms with Crippen LogP contribution in [0.5, 0.6) is 0 Å². The van der Waals surface area contributed by atoms with Gasteiger partial charge in [0, 0.05) is 17.9 Å². The van der Waals surface area contributed by atoms with Crippen LogP contribution < -0.4 is 17.0 Å². The lowest BCUT2D eigenvalue weighted by Gasteiger charge is -2.02. The quantitative estimate of drug-likeness (QED) is 0.439. The molecule has 1 heterocycles. The van der Waals surface area contributed by atoms with Crippen LogP contribution in [0.2, 0.25) is 0 Å². The van der Waals surface area contributed by atoms with E-state index < -0.39 is 0 Å². The fraction of sp³-hybridized carbons (Fsp3) is 0.571. The van der Waals surface area contributed by atoms with Crippen molar-refractivity contribution in [2.24, 2.45) is 0 Å². The summed E-state index contributed by atoms with van der Waals surface area (Å²) in [6, 6.07) is 10.8. The fourth-order valence-corrected chi connectivity index (χ4v) is 3.10. The summed E-state index contributed by atoms with van der Waals surface area (Å²) in [6.07, 6.45) is 18.5. The largest absolute Gasteiger partial charge is 1.00 e. The highest BCUT2D eigenvalue weighted by atomic mass is 35.5. The van der Waals surface area contributed by atoms with Gasteiger partial charge in [-0.05, 0) is 17.9 Å². The summed E-state index contributed by atoms with van der Waals surface area (Å²) in [4.78, 5) is 0. The average Bonchev–Trinajstić information content (AvgIpc) is 2.56. The van der Waals surface area contributed by atoms with Gasteiger partial charge in [0.25, 0.3) is 0 Å². The Balaban J connectivity index is 0.00000264. The SMILES string of the molecule is CCCCCCCCCCCC[n+]1ccc2ccccc2c1.[Cl-]. The van der Waals surface area contributed by atoms with Crippen molar-refractivity contribution in [2.45, 2.75) is 77.7 Å². The lowest BCUT2D eigenvalue weighted by Crippen LogP contribution is -3.00. The lowest BCUT2D eigenvalue weighted by atomic mass is 10.1. The maximum Gasteiger partial charge on any atom is 0.176 e. The molecule has 1 aromatic carbocycles. The normalized spacial score (nSPS) is 10.7. The third-order valence-corrected chi connectivity index (χ3v) is 4.52. The van der Waals surface area contributed by atoms with Gasteiger partial charge in [-0.15, -0.1) is 0 Å². The molecule has 0 aliphatic rings. The molecule has 0 bridgehead atoms. The zero-order chi connectivity index (χ0) is 15.5. The van der Waals surface area contributed by atoms with Gasteiger partial charge in [0.05, 0.1) is 0 Å². The number of unbranched alkanes of at least 4 members (excludes halogenated alkanes) is 9. The molecule has 0 amide bonds. The fourth-order valence-electron chi connectivity index (χ4n) is 3.10. The minimum atomic E-state index is 0. The number of aromatic nitrogens is 1. The van der Waals surface area contributed by atoms with Gasteiger partial charge in [0.2, 0.25) is 0 Å². The van der Waals surface area contributed by atoms with Gasteiger partial charge in [-0.3, -0.25) is 0 Å². The number of benzene rings is 1. The average molecular weight is 334 g/mol. The summed E-state index contributed by atoms with van der Waals surface area (Å²) in [7, 11) is 0. The van der Waals surface area contributed by atoms with E-state index >= 15 is 0 Å². The van der Waals surface area contributed by atoms with Crippen molar-refractivity contribution in [3.8, 4) is 0 Å². The molecule has 128 valence electrons. The molecule has 0 unspecified atom stereocenters. The second-order valence-electron chi connectivity index (χ2n) is 6.49. The minimum absolute atomic E-state index is 0. The van der Waals surface area contributed by atoms with Crippen LogP contribution >= 0.6 is 0 Å². The van der Waals surface area contributed by atoms with Crippen LogP contribution in [0.15, 0.2) is 42.7 Å². The molecule has 2 aromatic rings. The van der Waals surface area contributed by atoms with E-state index in [-0.39, 0.29) is 12.4 Å². The molecule has 0 atom stereocenters. The number of fused-ring (bicyclic) bond motifs is 1. The van der Waals surface area contributed by atoms with Crippen molar-refractivity contribution in [2.75, 3.05) is 0 Å². The lowest BCUT2D eigenvalue weighted by molar-refractivity contribution is -0.696. The van der Waals surface area contributed by atoms with Crippen LogP contribution in [0.1, 0.15) is 71.1 Å². The van der Waals surface area contributed by atoms with E-state index in [2.05, 4.69) is 54.2 Å². The Morgan fingerprint density at radius 1 is 0.696 bits per heavy atom. The van der Waals surface area contributed by atoms with E-state index in [0.29, 0.717) is 0 Å².